The number of aliphatic imine (C=N–C) groups is 1. The molecule has 0 amide bonds. The lowest BCUT2D eigenvalue weighted by Crippen LogP contribution is -2.51. The highest BCUT2D eigenvalue weighted by Crippen LogP contribution is 2.15. The van der Waals surface area contributed by atoms with Crippen molar-refractivity contribution in [2.45, 2.75) is 6.17 Å². The van der Waals surface area contributed by atoms with Crippen molar-refractivity contribution >= 4 is 11.6 Å². The summed E-state index contributed by atoms with van der Waals surface area (Å²) in [5.74, 6) is 0.248. The van der Waals surface area contributed by atoms with Crippen molar-refractivity contribution in [3.05, 3.63) is 42.4 Å². The number of anilines is 1. The van der Waals surface area contributed by atoms with Gasteiger partial charge < -0.3 is 20.9 Å². The molecule has 3 N–H and O–H groups in total. The van der Waals surface area contributed by atoms with Crippen LogP contribution in [0.1, 0.15) is 0 Å². The molecule has 1 aliphatic heterocycles. The van der Waals surface area contributed by atoms with Gasteiger partial charge in [-0.2, -0.15) is 0 Å². The number of para-hydroxylation sites is 1. The zero-order valence-electron chi connectivity index (χ0n) is 11.8. The predicted molar refractivity (Wildman–Crippen MR) is 79.8 cm³/mol. The Morgan fingerprint density at radius 2 is 2.15 bits per heavy atom. The summed E-state index contributed by atoms with van der Waals surface area (Å²) in [5.41, 5.74) is 6.45. The molecular formula is C14H20FN5. The van der Waals surface area contributed by atoms with Gasteiger partial charge in [-0.15, -0.1) is 0 Å². The minimum atomic E-state index is -0.314. The largest absolute Gasteiger partial charge is 0.323 e. The molecule has 1 aromatic carbocycles. The van der Waals surface area contributed by atoms with E-state index in [2.05, 4.69) is 15.2 Å². The van der Waals surface area contributed by atoms with Crippen molar-refractivity contribution in [2.24, 2.45) is 10.7 Å². The van der Waals surface area contributed by atoms with E-state index in [-0.39, 0.29) is 12.0 Å². The van der Waals surface area contributed by atoms with Crippen LogP contribution < -0.4 is 11.1 Å². The highest BCUT2D eigenvalue weighted by Gasteiger charge is 2.20. The Labute approximate surface area is 118 Å². The molecule has 0 aliphatic carbocycles. The Kier molecular flexibility index (Phi) is 4.70. The predicted octanol–water partition coefficient (Wildman–Crippen LogP) is 1.27. The Morgan fingerprint density at radius 3 is 2.85 bits per heavy atom. The summed E-state index contributed by atoms with van der Waals surface area (Å²) in [4.78, 5) is 8.23. The molecule has 20 heavy (non-hydrogen) atoms. The van der Waals surface area contributed by atoms with Crippen LogP contribution in [0, 0.1) is 5.82 Å². The van der Waals surface area contributed by atoms with Gasteiger partial charge in [0.15, 0.2) is 0 Å². The van der Waals surface area contributed by atoms with E-state index in [1.807, 2.05) is 25.1 Å². The van der Waals surface area contributed by atoms with Crippen LogP contribution in [0.25, 0.3) is 0 Å². The Hall–Kier alpha value is -1.92. The molecule has 0 spiro atoms. The molecule has 0 saturated heterocycles. The number of benzene rings is 1. The summed E-state index contributed by atoms with van der Waals surface area (Å²) in [6.07, 6.45) is 3.18. The zero-order chi connectivity index (χ0) is 14.5. The van der Waals surface area contributed by atoms with Gasteiger partial charge in [0, 0.05) is 19.3 Å². The van der Waals surface area contributed by atoms with Gasteiger partial charge >= 0.3 is 0 Å². The van der Waals surface area contributed by atoms with Gasteiger partial charge in [-0.25, -0.2) is 9.38 Å². The van der Waals surface area contributed by atoms with Crippen LogP contribution in [0.5, 0.6) is 0 Å². The maximum absolute atomic E-state index is 13.7. The highest BCUT2D eigenvalue weighted by molar-refractivity contribution is 5.95. The lowest BCUT2D eigenvalue weighted by Gasteiger charge is -2.33. The summed E-state index contributed by atoms with van der Waals surface area (Å²) in [5, 5.41) is 3.00. The number of likely N-dealkylation sites (N-methyl/N-ethyl adjacent to an activating group) is 1. The molecule has 1 aromatic rings. The second-order valence-electron chi connectivity index (χ2n) is 4.89. The van der Waals surface area contributed by atoms with Gasteiger partial charge in [-0.05, 0) is 32.3 Å². The molecular weight excluding hydrogens is 257 g/mol. The fourth-order valence-corrected chi connectivity index (χ4v) is 1.87. The molecule has 1 atom stereocenters. The zero-order valence-corrected chi connectivity index (χ0v) is 11.8. The minimum Gasteiger partial charge on any atom is -0.323 e. The number of rotatable bonds is 4. The molecule has 0 aromatic heterocycles. The van der Waals surface area contributed by atoms with E-state index in [4.69, 9.17) is 5.73 Å². The van der Waals surface area contributed by atoms with Crippen LogP contribution in [-0.4, -0.2) is 49.1 Å². The van der Waals surface area contributed by atoms with Crippen LogP contribution >= 0.6 is 0 Å². The summed E-state index contributed by atoms with van der Waals surface area (Å²) >= 11 is 0. The Bertz CT molecular complexity index is 512. The van der Waals surface area contributed by atoms with Crippen LogP contribution in [0.4, 0.5) is 10.1 Å². The van der Waals surface area contributed by atoms with E-state index >= 15 is 0 Å². The molecule has 2 rings (SSSR count). The van der Waals surface area contributed by atoms with Crippen LogP contribution in [-0.2, 0) is 0 Å². The number of hydrogen-bond donors (Lipinski definition) is 2. The van der Waals surface area contributed by atoms with Gasteiger partial charge in [0.25, 0.3) is 0 Å². The number of nitrogens with zero attached hydrogens (tertiary/aromatic N) is 3. The first-order valence-electron chi connectivity index (χ1n) is 6.51. The van der Waals surface area contributed by atoms with Gasteiger partial charge in [-0.1, -0.05) is 12.1 Å². The summed E-state index contributed by atoms with van der Waals surface area (Å²) in [6.45, 7) is 1.54. The highest BCUT2D eigenvalue weighted by atomic mass is 19.1. The van der Waals surface area contributed by atoms with Crippen molar-refractivity contribution in [3.63, 3.8) is 0 Å². The van der Waals surface area contributed by atoms with E-state index < -0.39 is 0 Å². The summed E-state index contributed by atoms with van der Waals surface area (Å²) in [7, 11) is 3.98. The quantitative estimate of drug-likeness (QED) is 0.870. The Balaban J connectivity index is 2.12. The van der Waals surface area contributed by atoms with E-state index in [1.54, 1.807) is 24.4 Å². The second-order valence-corrected chi connectivity index (χ2v) is 4.89. The molecule has 1 aliphatic rings. The van der Waals surface area contributed by atoms with Crippen LogP contribution in [0.2, 0.25) is 0 Å². The van der Waals surface area contributed by atoms with Crippen molar-refractivity contribution in [1.82, 2.24) is 9.80 Å². The fourth-order valence-electron chi connectivity index (χ4n) is 1.87. The lowest BCUT2D eigenvalue weighted by atomic mass is 10.3. The smallest absolute Gasteiger partial charge is 0.204 e. The fraction of sp³-hybridized carbons (Fsp3) is 0.357. The Morgan fingerprint density at radius 1 is 1.40 bits per heavy atom. The van der Waals surface area contributed by atoms with Crippen molar-refractivity contribution in [3.8, 4) is 0 Å². The summed E-state index contributed by atoms with van der Waals surface area (Å²) < 4.78 is 13.7. The third-order valence-electron chi connectivity index (χ3n) is 3.02. The molecule has 0 fully saturated rings. The standard InChI is InChI=1S/C14H20FN5/c1-19(2)9-10-20-13(16)7-8-17-14(20)18-12-6-4-3-5-11(12)15/h3-8,13H,9-10,16H2,1-2H3,(H,17,18). The first kappa shape index (κ1) is 14.5. The minimum absolute atomic E-state index is 0.262. The molecule has 0 saturated carbocycles. The second kappa shape index (κ2) is 6.49. The van der Waals surface area contributed by atoms with Crippen molar-refractivity contribution < 1.29 is 4.39 Å². The van der Waals surface area contributed by atoms with E-state index in [0.717, 1.165) is 6.54 Å². The van der Waals surface area contributed by atoms with E-state index in [9.17, 15) is 4.39 Å². The topological polar surface area (TPSA) is 56.9 Å². The van der Waals surface area contributed by atoms with E-state index in [0.29, 0.717) is 18.2 Å². The molecule has 1 heterocycles. The van der Waals surface area contributed by atoms with Gasteiger partial charge in [0.2, 0.25) is 5.96 Å². The third kappa shape index (κ3) is 3.55. The van der Waals surface area contributed by atoms with Crippen molar-refractivity contribution in [1.29, 1.82) is 0 Å². The molecule has 108 valence electrons. The number of nitrogens with one attached hydrogen (secondary N) is 1. The third-order valence-corrected chi connectivity index (χ3v) is 3.02. The normalized spacial score (nSPS) is 18.4. The molecule has 6 heteroatoms. The number of nitrogens with two attached hydrogens (primary N) is 1. The van der Waals surface area contributed by atoms with Gasteiger partial charge in [-0.3, -0.25) is 0 Å². The van der Waals surface area contributed by atoms with Gasteiger partial charge in [0.05, 0.1) is 5.69 Å². The first-order valence-corrected chi connectivity index (χ1v) is 6.51. The van der Waals surface area contributed by atoms with E-state index in [1.165, 1.54) is 6.07 Å². The molecule has 5 nitrogen and oxygen atoms in total. The van der Waals surface area contributed by atoms with Crippen molar-refractivity contribution in [2.75, 3.05) is 32.5 Å². The average Bonchev–Trinajstić information content (AvgIpc) is 2.40. The lowest BCUT2D eigenvalue weighted by molar-refractivity contribution is 0.299. The average molecular weight is 277 g/mol. The molecule has 0 radical (unpaired) electrons. The molecule has 0 bridgehead atoms. The van der Waals surface area contributed by atoms with Gasteiger partial charge in [0.1, 0.15) is 12.0 Å². The van der Waals surface area contributed by atoms with Crippen LogP contribution in [0.15, 0.2) is 41.5 Å². The molecule has 1 unspecified atom stereocenters. The maximum Gasteiger partial charge on any atom is 0.204 e. The maximum atomic E-state index is 13.7. The number of hydrogen-bond acceptors (Lipinski definition) is 5. The number of halogens is 1. The summed E-state index contributed by atoms with van der Waals surface area (Å²) in [6, 6.07) is 6.50. The van der Waals surface area contributed by atoms with Crippen LogP contribution in [0.3, 0.4) is 0 Å². The monoisotopic (exact) mass is 277 g/mol. The number of guanidine groups is 1. The first-order chi connectivity index (χ1) is 9.58. The SMILES string of the molecule is CN(C)CCN1C(Nc2ccccc2F)=NC=CC1N.